The van der Waals surface area contributed by atoms with Gasteiger partial charge < -0.3 is 15.2 Å². The van der Waals surface area contributed by atoms with Gasteiger partial charge in [-0.2, -0.15) is 0 Å². The van der Waals surface area contributed by atoms with E-state index in [0.717, 1.165) is 5.56 Å². The van der Waals surface area contributed by atoms with E-state index in [-0.39, 0.29) is 29.8 Å². The van der Waals surface area contributed by atoms with E-state index in [0.29, 0.717) is 5.82 Å². The van der Waals surface area contributed by atoms with Gasteiger partial charge in [-0.15, -0.1) is 10.2 Å². The standard InChI is InChI=1S/C16H22FN5O/c1-10(2)14(12-5-7-13(17)8-6-12)20-16(23)19-11(3)15-21-18-9-22(15)4/h5-11,14H,1-4H3,(H2,19,20,23)/t11-,14-/m0/s1. The number of hydrogen-bond acceptors (Lipinski definition) is 3. The Kier molecular flexibility index (Phi) is 5.31. The molecule has 6 nitrogen and oxygen atoms in total. The monoisotopic (exact) mass is 319 g/mol. The van der Waals surface area contributed by atoms with Crippen LogP contribution in [-0.2, 0) is 7.05 Å². The molecule has 1 aromatic heterocycles. The second kappa shape index (κ2) is 7.21. The summed E-state index contributed by atoms with van der Waals surface area (Å²) in [5, 5.41) is 13.6. The van der Waals surface area contributed by atoms with Crippen LogP contribution in [0.4, 0.5) is 9.18 Å². The molecule has 0 aliphatic heterocycles. The van der Waals surface area contributed by atoms with Crippen molar-refractivity contribution < 1.29 is 9.18 Å². The molecule has 2 amide bonds. The summed E-state index contributed by atoms with van der Waals surface area (Å²) in [5.74, 6) is 0.538. The lowest BCUT2D eigenvalue weighted by Gasteiger charge is -2.24. The summed E-state index contributed by atoms with van der Waals surface area (Å²) in [5.41, 5.74) is 0.864. The molecule has 124 valence electrons. The number of nitrogens with zero attached hydrogens (tertiary/aromatic N) is 3. The van der Waals surface area contributed by atoms with Crippen molar-refractivity contribution in [2.45, 2.75) is 32.9 Å². The van der Waals surface area contributed by atoms with Gasteiger partial charge in [-0.1, -0.05) is 26.0 Å². The highest BCUT2D eigenvalue weighted by atomic mass is 19.1. The number of aryl methyl sites for hydroxylation is 1. The number of carbonyl (C=O) groups is 1. The zero-order valence-electron chi connectivity index (χ0n) is 13.7. The van der Waals surface area contributed by atoms with Crippen LogP contribution in [0.5, 0.6) is 0 Å². The number of halogens is 1. The summed E-state index contributed by atoms with van der Waals surface area (Å²) in [6.45, 7) is 5.84. The first-order valence-electron chi connectivity index (χ1n) is 7.55. The second-order valence-electron chi connectivity index (χ2n) is 5.91. The molecule has 1 heterocycles. The van der Waals surface area contributed by atoms with E-state index in [1.165, 1.54) is 12.1 Å². The molecule has 1 aromatic carbocycles. The summed E-state index contributed by atoms with van der Waals surface area (Å²) in [4.78, 5) is 12.3. The number of carbonyl (C=O) groups excluding carboxylic acids is 1. The van der Waals surface area contributed by atoms with Gasteiger partial charge in [0.1, 0.15) is 12.1 Å². The van der Waals surface area contributed by atoms with E-state index >= 15 is 0 Å². The molecule has 0 fully saturated rings. The van der Waals surface area contributed by atoms with Crippen molar-refractivity contribution in [2.24, 2.45) is 13.0 Å². The van der Waals surface area contributed by atoms with Gasteiger partial charge in [0, 0.05) is 7.05 Å². The molecule has 0 radical (unpaired) electrons. The number of urea groups is 1. The molecular weight excluding hydrogens is 297 g/mol. The summed E-state index contributed by atoms with van der Waals surface area (Å²) in [7, 11) is 1.82. The minimum atomic E-state index is -0.302. The Morgan fingerprint density at radius 2 is 1.83 bits per heavy atom. The minimum Gasteiger partial charge on any atom is -0.331 e. The fourth-order valence-electron chi connectivity index (χ4n) is 2.43. The zero-order valence-corrected chi connectivity index (χ0v) is 13.7. The van der Waals surface area contributed by atoms with Crippen molar-refractivity contribution in [1.29, 1.82) is 0 Å². The molecule has 0 unspecified atom stereocenters. The highest BCUT2D eigenvalue weighted by molar-refractivity contribution is 5.74. The number of amides is 2. The Morgan fingerprint density at radius 3 is 2.35 bits per heavy atom. The molecule has 0 aliphatic rings. The average Bonchev–Trinajstić information content (AvgIpc) is 2.92. The van der Waals surface area contributed by atoms with Crippen LogP contribution in [0.3, 0.4) is 0 Å². The van der Waals surface area contributed by atoms with Crippen LogP contribution in [0.2, 0.25) is 0 Å². The normalized spacial score (nSPS) is 13.7. The third-order valence-electron chi connectivity index (χ3n) is 3.66. The Morgan fingerprint density at radius 1 is 1.17 bits per heavy atom. The van der Waals surface area contributed by atoms with E-state index in [2.05, 4.69) is 20.8 Å². The summed E-state index contributed by atoms with van der Waals surface area (Å²) < 4.78 is 14.8. The van der Waals surface area contributed by atoms with Crippen molar-refractivity contribution in [1.82, 2.24) is 25.4 Å². The maximum Gasteiger partial charge on any atom is 0.315 e. The number of hydrogen-bond donors (Lipinski definition) is 2. The van der Waals surface area contributed by atoms with Crippen LogP contribution in [0.25, 0.3) is 0 Å². The second-order valence-corrected chi connectivity index (χ2v) is 5.91. The lowest BCUT2D eigenvalue weighted by atomic mass is 9.96. The molecule has 23 heavy (non-hydrogen) atoms. The maximum absolute atomic E-state index is 13.1. The molecule has 0 saturated carbocycles. The number of benzene rings is 1. The zero-order chi connectivity index (χ0) is 17.0. The van der Waals surface area contributed by atoms with Gasteiger partial charge >= 0.3 is 6.03 Å². The molecular formula is C16H22FN5O. The first-order chi connectivity index (χ1) is 10.9. The van der Waals surface area contributed by atoms with Crippen molar-refractivity contribution in [3.63, 3.8) is 0 Å². The largest absolute Gasteiger partial charge is 0.331 e. The van der Waals surface area contributed by atoms with Crippen molar-refractivity contribution in [2.75, 3.05) is 0 Å². The summed E-state index contributed by atoms with van der Waals surface area (Å²) in [6, 6.07) is 5.38. The topological polar surface area (TPSA) is 71.8 Å². The SMILES string of the molecule is CC(C)[C@H](NC(=O)N[C@@H](C)c1nncn1C)c1ccc(F)cc1. The van der Waals surface area contributed by atoms with Crippen LogP contribution in [0, 0.1) is 11.7 Å². The maximum atomic E-state index is 13.1. The van der Waals surface area contributed by atoms with Crippen molar-refractivity contribution in [3.8, 4) is 0 Å². The van der Waals surface area contributed by atoms with Crippen LogP contribution < -0.4 is 10.6 Å². The van der Waals surface area contributed by atoms with Crippen molar-refractivity contribution in [3.05, 3.63) is 47.8 Å². The third kappa shape index (κ3) is 4.28. The van der Waals surface area contributed by atoms with Crippen LogP contribution in [-0.4, -0.2) is 20.8 Å². The van der Waals surface area contributed by atoms with E-state index in [1.807, 2.05) is 27.8 Å². The van der Waals surface area contributed by atoms with Crippen LogP contribution in [0.1, 0.15) is 44.2 Å². The fourth-order valence-corrected chi connectivity index (χ4v) is 2.43. The molecule has 2 atom stereocenters. The highest BCUT2D eigenvalue weighted by Gasteiger charge is 2.20. The van der Waals surface area contributed by atoms with Crippen molar-refractivity contribution >= 4 is 6.03 Å². The lowest BCUT2D eigenvalue weighted by molar-refractivity contribution is 0.229. The Hall–Kier alpha value is -2.44. The average molecular weight is 319 g/mol. The number of rotatable bonds is 5. The summed E-state index contributed by atoms with van der Waals surface area (Å²) in [6.07, 6.45) is 1.58. The molecule has 0 aliphatic carbocycles. The van der Waals surface area contributed by atoms with E-state index in [9.17, 15) is 9.18 Å². The predicted octanol–water partition coefficient (Wildman–Crippen LogP) is 2.71. The van der Waals surface area contributed by atoms with Gasteiger partial charge in [0.25, 0.3) is 0 Å². The molecule has 2 rings (SSSR count). The molecule has 0 spiro atoms. The Labute approximate surface area is 135 Å². The Bertz CT molecular complexity index is 653. The van der Waals surface area contributed by atoms with Gasteiger partial charge in [-0.25, -0.2) is 9.18 Å². The lowest BCUT2D eigenvalue weighted by Crippen LogP contribution is -2.41. The first kappa shape index (κ1) is 16.9. The van der Waals surface area contributed by atoms with Gasteiger partial charge in [0.05, 0.1) is 12.1 Å². The smallest absolute Gasteiger partial charge is 0.315 e. The molecule has 0 bridgehead atoms. The quantitative estimate of drug-likeness (QED) is 0.890. The van der Waals surface area contributed by atoms with Crippen LogP contribution >= 0.6 is 0 Å². The molecule has 7 heteroatoms. The predicted molar refractivity (Wildman–Crippen MR) is 85.1 cm³/mol. The van der Waals surface area contributed by atoms with Gasteiger partial charge in [0.2, 0.25) is 0 Å². The van der Waals surface area contributed by atoms with E-state index < -0.39 is 0 Å². The Balaban J connectivity index is 2.04. The first-order valence-corrected chi connectivity index (χ1v) is 7.55. The molecule has 2 aromatic rings. The van der Waals surface area contributed by atoms with Gasteiger partial charge in [0.15, 0.2) is 5.82 Å². The third-order valence-corrected chi connectivity index (χ3v) is 3.66. The summed E-state index contributed by atoms with van der Waals surface area (Å²) >= 11 is 0. The fraction of sp³-hybridized carbons (Fsp3) is 0.438. The number of nitrogens with one attached hydrogen (secondary N) is 2. The number of aromatic nitrogens is 3. The molecule has 2 N–H and O–H groups in total. The van der Waals surface area contributed by atoms with Crippen LogP contribution in [0.15, 0.2) is 30.6 Å². The van der Waals surface area contributed by atoms with Gasteiger partial charge in [-0.3, -0.25) is 0 Å². The van der Waals surface area contributed by atoms with E-state index in [4.69, 9.17) is 0 Å². The minimum absolute atomic E-state index is 0.163. The van der Waals surface area contributed by atoms with E-state index in [1.54, 1.807) is 23.0 Å². The van der Waals surface area contributed by atoms with Gasteiger partial charge in [-0.05, 0) is 30.5 Å². The molecule has 0 saturated heterocycles. The highest BCUT2D eigenvalue weighted by Crippen LogP contribution is 2.22.